The van der Waals surface area contributed by atoms with Crippen molar-refractivity contribution in [2.24, 2.45) is 0 Å². The number of benzene rings is 1. The van der Waals surface area contributed by atoms with Crippen molar-refractivity contribution < 1.29 is 8.60 Å². The number of hydrogen-bond acceptors (Lipinski definition) is 3. The number of aromatic nitrogens is 2. The third-order valence-corrected chi connectivity index (χ3v) is 4.46. The SMILES string of the molecule is CCC(C)n1ccc(CS(=O)c2cc(N)cc(F)c2)n1. The molecule has 2 rings (SSSR count). The molecule has 0 bridgehead atoms. The van der Waals surface area contributed by atoms with Gasteiger partial charge in [-0.3, -0.25) is 8.89 Å². The molecule has 108 valence electrons. The Labute approximate surface area is 120 Å². The highest BCUT2D eigenvalue weighted by molar-refractivity contribution is 7.84. The standard InChI is InChI=1S/C14H18FN3OS/c1-3-10(2)18-5-4-13(17-18)9-20(19)14-7-11(15)6-12(16)8-14/h4-8,10H,3,9,16H2,1-2H3. The Morgan fingerprint density at radius 3 is 2.85 bits per heavy atom. The molecule has 0 aliphatic carbocycles. The molecule has 4 nitrogen and oxygen atoms in total. The van der Waals surface area contributed by atoms with E-state index in [0.717, 1.165) is 12.1 Å². The van der Waals surface area contributed by atoms with Gasteiger partial charge in [-0.15, -0.1) is 0 Å². The van der Waals surface area contributed by atoms with E-state index in [9.17, 15) is 8.60 Å². The van der Waals surface area contributed by atoms with Crippen molar-refractivity contribution in [2.45, 2.75) is 37.0 Å². The summed E-state index contributed by atoms with van der Waals surface area (Å²) in [7, 11) is -1.35. The fourth-order valence-electron chi connectivity index (χ4n) is 1.82. The van der Waals surface area contributed by atoms with Crippen LogP contribution in [0.2, 0.25) is 0 Å². The van der Waals surface area contributed by atoms with Crippen LogP contribution in [-0.4, -0.2) is 14.0 Å². The summed E-state index contributed by atoms with van der Waals surface area (Å²) in [6.45, 7) is 4.15. The average molecular weight is 295 g/mol. The van der Waals surface area contributed by atoms with Gasteiger partial charge in [-0.2, -0.15) is 5.10 Å². The van der Waals surface area contributed by atoms with Crippen LogP contribution < -0.4 is 5.73 Å². The molecule has 6 heteroatoms. The molecule has 0 fully saturated rings. The minimum atomic E-state index is -1.35. The second-order valence-corrected chi connectivity index (χ2v) is 6.21. The van der Waals surface area contributed by atoms with E-state index in [1.165, 1.54) is 18.2 Å². The molecule has 2 unspecified atom stereocenters. The van der Waals surface area contributed by atoms with Crippen LogP contribution in [0.25, 0.3) is 0 Å². The van der Waals surface area contributed by atoms with E-state index < -0.39 is 16.6 Å². The van der Waals surface area contributed by atoms with Gasteiger partial charge in [0, 0.05) is 22.8 Å². The number of halogens is 1. The zero-order chi connectivity index (χ0) is 14.7. The Kier molecular flexibility index (Phi) is 4.54. The molecule has 2 aromatic rings. The Hall–Kier alpha value is -1.69. The van der Waals surface area contributed by atoms with E-state index >= 15 is 0 Å². The van der Waals surface area contributed by atoms with E-state index in [0.29, 0.717) is 10.9 Å². The van der Waals surface area contributed by atoms with Crippen molar-refractivity contribution in [1.29, 1.82) is 0 Å². The van der Waals surface area contributed by atoms with Crippen molar-refractivity contribution in [3.63, 3.8) is 0 Å². The molecular formula is C14H18FN3OS. The van der Waals surface area contributed by atoms with Crippen molar-refractivity contribution in [3.05, 3.63) is 42.0 Å². The first kappa shape index (κ1) is 14.7. The second-order valence-electron chi connectivity index (χ2n) is 4.75. The molecule has 2 N–H and O–H groups in total. The quantitative estimate of drug-likeness (QED) is 0.863. The van der Waals surface area contributed by atoms with Gasteiger partial charge in [-0.1, -0.05) is 6.92 Å². The molecule has 20 heavy (non-hydrogen) atoms. The largest absolute Gasteiger partial charge is 0.399 e. The molecule has 0 saturated heterocycles. The fraction of sp³-hybridized carbons (Fsp3) is 0.357. The van der Waals surface area contributed by atoms with Gasteiger partial charge in [-0.25, -0.2) is 4.39 Å². The minimum Gasteiger partial charge on any atom is -0.399 e. The van der Waals surface area contributed by atoms with Crippen LogP contribution in [0.4, 0.5) is 10.1 Å². The van der Waals surface area contributed by atoms with Gasteiger partial charge in [0.05, 0.1) is 22.2 Å². The summed E-state index contributed by atoms with van der Waals surface area (Å²) in [4.78, 5) is 0.389. The first-order valence-electron chi connectivity index (χ1n) is 6.48. The van der Waals surface area contributed by atoms with Crippen molar-refractivity contribution in [2.75, 3.05) is 5.73 Å². The van der Waals surface area contributed by atoms with E-state index in [-0.39, 0.29) is 11.4 Å². The van der Waals surface area contributed by atoms with E-state index in [1.54, 1.807) is 0 Å². The predicted octanol–water partition coefficient (Wildman–Crippen LogP) is 2.88. The van der Waals surface area contributed by atoms with Gasteiger partial charge < -0.3 is 5.73 Å². The summed E-state index contributed by atoms with van der Waals surface area (Å²) in [6.07, 6.45) is 2.85. The molecule has 0 spiro atoms. The molecule has 0 radical (unpaired) electrons. The molecule has 1 aromatic heterocycles. The number of nitrogens with zero attached hydrogens (tertiary/aromatic N) is 2. The zero-order valence-corrected chi connectivity index (χ0v) is 12.4. The lowest BCUT2D eigenvalue weighted by molar-refractivity contribution is 0.475. The molecule has 0 saturated carbocycles. The van der Waals surface area contributed by atoms with E-state index in [1.807, 2.05) is 16.9 Å². The lowest BCUT2D eigenvalue weighted by Gasteiger charge is -2.08. The smallest absolute Gasteiger partial charge is 0.126 e. The summed E-state index contributed by atoms with van der Waals surface area (Å²) < 4.78 is 27.3. The third kappa shape index (κ3) is 3.45. The number of anilines is 1. The van der Waals surface area contributed by atoms with Crippen LogP contribution in [0.15, 0.2) is 35.4 Å². The number of rotatable bonds is 5. The van der Waals surface area contributed by atoms with E-state index in [2.05, 4.69) is 18.9 Å². The van der Waals surface area contributed by atoms with Gasteiger partial charge in [0.1, 0.15) is 5.82 Å². The Morgan fingerprint density at radius 2 is 2.20 bits per heavy atom. The van der Waals surface area contributed by atoms with Crippen LogP contribution in [0, 0.1) is 5.82 Å². The Bertz CT molecular complexity index is 606. The molecular weight excluding hydrogens is 277 g/mol. The first-order valence-corrected chi connectivity index (χ1v) is 7.80. The Balaban J connectivity index is 2.13. The van der Waals surface area contributed by atoms with E-state index in [4.69, 9.17) is 5.73 Å². The van der Waals surface area contributed by atoms with Crippen LogP contribution in [0.1, 0.15) is 32.0 Å². The van der Waals surface area contributed by atoms with Gasteiger partial charge in [0.15, 0.2) is 0 Å². The summed E-state index contributed by atoms with van der Waals surface area (Å²) in [5, 5.41) is 4.39. The number of nitrogens with two attached hydrogens (primary N) is 1. The molecule has 2 atom stereocenters. The van der Waals surface area contributed by atoms with Gasteiger partial charge in [-0.05, 0) is 37.6 Å². The highest BCUT2D eigenvalue weighted by Crippen LogP contribution is 2.17. The lowest BCUT2D eigenvalue weighted by atomic mass is 10.3. The average Bonchev–Trinajstić information content (AvgIpc) is 2.85. The number of nitrogen functional groups attached to an aromatic ring is 1. The summed E-state index contributed by atoms with van der Waals surface area (Å²) in [5.41, 5.74) is 6.56. The lowest BCUT2D eigenvalue weighted by Crippen LogP contribution is -2.06. The monoisotopic (exact) mass is 295 g/mol. The molecule has 0 aliphatic heterocycles. The van der Waals surface area contributed by atoms with Gasteiger partial charge in [0.2, 0.25) is 0 Å². The van der Waals surface area contributed by atoms with Crippen molar-refractivity contribution in [3.8, 4) is 0 Å². The zero-order valence-electron chi connectivity index (χ0n) is 11.5. The second kappa shape index (κ2) is 6.17. The fourth-order valence-corrected chi connectivity index (χ4v) is 2.92. The summed E-state index contributed by atoms with van der Waals surface area (Å²) >= 11 is 0. The molecule has 1 aromatic carbocycles. The highest BCUT2D eigenvalue weighted by atomic mass is 32.2. The topological polar surface area (TPSA) is 60.9 Å². The first-order chi connectivity index (χ1) is 9.49. The maximum absolute atomic E-state index is 13.2. The molecule has 1 heterocycles. The van der Waals surface area contributed by atoms with Crippen molar-refractivity contribution >= 4 is 16.5 Å². The van der Waals surface area contributed by atoms with Crippen LogP contribution in [0.3, 0.4) is 0 Å². The van der Waals surface area contributed by atoms with Crippen molar-refractivity contribution in [1.82, 2.24) is 9.78 Å². The molecule has 0 aliphatic rings. The van der Waals surface area contributed by atoms with Crippen LogP contribution in [0.5, 0.6) is 0 Å². The van der Waals surface area contributed by atoms with Gasteiger partial charge >= 0.3 is 0 Å². The Morgan fingerprint density at radius 1 is 1.45 bits per heavy atom. The van der Waals surface area contributed by atoms with Crippen LogP contribution >= 0.6 is 0 Å². The third-order valence-electron chi connectivity index (χ3n) is 3.14. The number of hydrogen-bond donors (Lipinski definition) is 1. The van der Waals surface area contributed by atoms with Gasteiger partial charge in [0.25, 0.3) is 0 Å². The predicted molar refractivity (Wildman–Crippen MR) is 78.2 cm³/mol. The maximum Gasteiger partial charge on any atom is 0.126 e. The summed E-state index contributed by atoms with van der Waals surface area (Å²) in [6, 6.07) is 6.13. The highest BCUT2D eigenvalue weighted by Gasteiger charge is 2.11. The normalized spacial score (nSPS) is 14.2. The minimum absolute atomic E-state index is 0.256. The maximum atomic E-state index is 13.2. The summed E-state index contributed by atoms with van der Waals surface area (Å²) in [5.74, 6) is -0.217. The van der Waals surface area contributed by atoms with Crippen LogP contribution in [-0.2, 0) is 16.6 Å². The molecule has 0 amide bonds.